The molecule has 0 radical (unpaired) electrons. The van der Waals surface area contributed by atoms with Crippen molar-refractivity contribution in [2.45, 2.75) is 44.7 Å². The second-order valence-corrected chi connectivity index (χ2v) is 6.02. The first-order valence-electron chi connectivity index (χ1n) is 7.33. The number of carbonyl (C=O) groups excluding carboxylic acids is 1. The van der Waals surface area contributed by atoms with Crippen LogP contribution in [0.15, 0.2) is 24.3 Å². The molecule has 1 aromatic rings. The van der Waals surface area contributed by atoms with Crippen molar-refractivity contribution >= 4 is 5.91 Å². The van der Waals surface area contributed by atoms with Crippen LogP contribution in [0.3, 0.4) is 0 Å². The highest BCUT2D eigenvalue weighted by molar-refractivity contribution is 5.82. The van der Waals surface area contributed by atoms with Gasteiger partial charge < -0.3 is 10.6 Å². The minimum atomic E-state index is 0.00691. The zero-order valence-corrected chi connectivity index (χ0v) is 11.5. The Morgan fingerprint density at radius 1 is 1.26 bits per heavy atom. The van der Waals surface area contributed by atoms with Crippen molar-refractivity contribution in [2.24, 2.45) is 5.92 Å². The highest BCUT2D eigenvalue weighted by atomic mass is 16.2. The number of amides is 1. The van der Waals surface area contributed by atoms with Crippen molar-refractivity contribution in [3.05, 3.63) is 35.4 Å². The number of piperidine rings is 1. The topological polar surface area (TPSA) is 41.1 Å². The predicted molar refractivity (Wildman–Crippen MR) is 76.0 cm³/mol. The van der Waals surface area contributed by atoms with E-state index in [1.165, 1.54) is 17.5 Å². The molecule has 2 atom stereocenters. The quantitative estimate of drug-likeness (QED) is 0.847. The van der Waals surface area contributed by atoms with Crippen LogP contribution in [0, 0.1) is 5.92 Å². The summed E-state index contributed by atoms with van der Waals surface area (Å²) in [6.45, 7) is 3.19. The Hall–Kier alpha value is -1.35. The van der Waals surface area contributed by atoms with Crippen molar-refractivity contribution in [1.82, 2.24) is 10.6 Å². The fourth-order valence-corrected chi connectivity index (χ4v) is 3.27. The molecule has 102 valence electrons. The molecule has 1 heterocycles. The third kappa shape index (κ3) is 2.81. The zero-order chi connectivity index (χ0) is 13.2. The van der Waals surface area contributed by atoms with E-state index >= 15 is 0 Å². The van der Waals surface area contributed by atoms with Gasteiger partial charge in [-0.25, -0.2) is 0 Å². The van der Waals surface area contributed by atoms with Crippen molar-refractivity contribution in [3.63, 3.8) is 0 Å². The smallest absolute Gasteiger partial charge is 0.237 e. The van der Waals surface area contributed by atoms with Gasteiger partial charge in [0, 0.05) is 6.04 Å². The summed E-state index contributed by atoms with van der Waals surface area (Å²) in [7, 11) is 0. The van der Waals surface area contributed by atoms with Crippen LogP contribution >= 0.6 is 0 Å². The molecule has 0 aromatic heterocycles. The molecule has 2 unspecified atom stereocenters. The first-order valence-corrected chi connectivity index (χ1v) is 7.33. The average Bonchev–Trinajstić information content (AvgIpc) is 2.80. The monoisotopic (exact) mass is 258 g/mol. The summed E-state index contributed by atoms with van der Waals surface area (Å²) in [5.41, 5.74) is 2.77. The number of carbonyl (C=O) groups is 1. The zero-order valence-electron chi connectivity index (χ0n) is 11.5. The Morgan fingerprint density at radius 2 is 1.95 bits per heavy atom. The molecule has 0 spiro atoms. The summed E-state index contributed by atoms with van der Waals surface area (Å²) in [6.07, 6.45) is 4.10. The van der Waals surface area contributed by atoms with Crippen LogP contribution in [-0.4, -0.2) is 24.5 Å². The third-order valence-electron chi connectivity index (χ3n) is 4.38. The van der Waals surface area contributed by atoms with Crippen molar-refractivity contribution in [3.8, 4) is 0 Å². The lowest BCUT2D eigenvalue weighted by molar-refractivity contribution is -0.124. The van der Waals surface area contributed by atoms with Gasteiger partial charge in [-0.05, 0) is 49.3 Å². The van der Waals surface area contributed by atoms with E-state index in [0.717, 1.165) is 25.8 Å². The van der Waals surface area contributed by atoms with E-state index in [0.29, 0.717) is 5.92 Å². The molecule has 1 aromatic carbocycles. The minimum absolute atomic E-state index is 0.00691. The lowest BCUT2D eigenvalue weighted by atomic mass is 9.93. The van der Waals surface area contributed by atoms with Gasteiger partial charge in [0.1, 0.15) is 0 Å². The van der Waals surface area contributed by atoms with Crippen molar-refractivity contribution in [1.29, 1.82) is 0 Å². The molecule has 1 saturated heterocycles. The minimum Gasteiger partial charge on any atom is -0.351 e. The Balaban J connectivity index is 1.57. The number of rotatable bonds is 2. The van der Waals surface area contributed by atoms with Gasteiger partial charge in [-0.1, -0.05) is 31.2 Å². The highest BCUT2D eigenvalue weighted by Gasteiger charge is 2.28. The molecule has 3 heteroatoms. The Kier molecular flexibility index (Phi) is 3.56. The molecule has 0 saturated carbocycles. The van der Waals surface area contributed by atoms with Crippen LogP contribution in [0.5, 0.6) is 0 Å². The molecule has 3 rings (SSSR count). The molecule has 3 nitrogen and oxygen atoms in total. The van der Waals surface area contributed by atoms with E-state index in [9.17, 15) is 4.79 Å². The fraction of sp³-hybridized carbons (Fsp3) is 0.562. The summed E-state index contributed by atoms with van der Waals surface area (Å²) in [4.78, 5) is 12.3. The number of fused-ring (bicyclic) bond motifs is 1. The van der Waals surface area contributed by atoms with Crippen molar-refractivity contribution in [2.75, 3.05) is 6.54 Å². The molecule has 2 aliphatic rings. The number of hydrogen-bond donors (Lipinski definition) is 2. The summed E-state index contributed by atoms with van der Waals surface area (Å²) in [5.74, 6) is 0.835. The molecular weight excluding hydrogens is 236 g/mol. The molecule has 1 aliphatic heterocycles. The number of nitrogens with one attached hydrogen (secondary N) is 2. The standard InChI is InChI=1S/C16H22N2O/c1-11-6-7-17-15(8-11)16(19)18-14-9-12-4-2-3-5-13(12)10-14/h2-5,11,14-15,17H,6-10H2,1H3,(H,18,19). The second kappa shape index (κ2) is 5.33. The highest BCUT2D eigenvalue weighted by Crippen LogP contribution is 2.22. The lowest BCUT2D eigenvalue weighted by Crippen LogP contribution is -2.51. The molecule has 1 amide bonds. The van der Waals surface area contributed by atoms with E-state index in [1.807, 2.05) is 0 Å². The summed E-state index contributed by atoms with van der Waals surface area (Å²) < 4.78 is 0. The van der Waals surface area contributed by atoms with Crippen LogP contribution in [0.2, 0.25) is 0 Å². The van der Waals surface area contributed by atoms with E-state index < -0.39 is 0 Å². The Bertz CT molecular complexity index is 447. The first kappa shape index (κ1) is 12.7. The molecule has 1 aliphatic carbocycles. The van der Waals surface area contributed by atoms with E-state index in [2.05, 4.69) is 41.8 Å². The SMILES string of the molecule is CC1CCNC(C(=O)NC2Cc3ccccc3C2)C1. The molecular formula is C16H22N2O. The first-order chi connectivity index (χ1) is 9.22. The molecule has 19 heavy (non-hydrogen) atoms. The van der Waals surface area contributed by atoms with E-state index in [-0.39, 0.29) is 18.0 Å². The van der Waals surface area contributed by atoms with Gasteiger partial charge in [-0.3, -0.25) is 4.79 Å². The van der Waals surface area contributed by atoms with Crippen LogP contribution in [-0.2, 0) is 17.6 Å². The maximum Gasteiger partial charge on any atom is 0.237 e. The van der Waals surface area contributed by atoms with Gasteiger partial charge in [0.2, 0.25) is 5.91 Å². The van der Waals surface area contributed by atoms with Crippen LogP contribution in [0.4, 0.5) is 0 Å². The van der Waals surface area contributed by atoms with Gasteiger partial charge in [-0.2, -0.15) is 0 Å². The van der Waals surface area contributed by atoms with Gasteiger partial charge in [-0.15, -0.1) is 0 Å². The van der Waals surface area contributed by atoms with E-state index in [4.69, 9.17) is 0 Å². The van der Waals surface area contributed by atoms with Gasteiger partial charge in [0.25, 0.3) is 0 Å². The predicted octanol–water partition coefficient (Wildman–Crippen LogP) is 1.66. The maximum atomic E-state index is 12.3. The molecule has 1 fully saturated rings. The molecule has 0 bridgehead atoms. The maximum absolute atomic E-state index is 12.3. The van der Waals surface area contributed by atoms with Gasteiger partial charge >= 0.3 is 0 Å². The van der Waals surface area contributed by atoms with Crippen LogP contribution < -0.4 is 10.6 Å². The fourth-order valence-electron chi connectivity index (χ4n) is 3.27. The average molecular weight is 258 g/mol. The third-order valence-corrected chi connectivity index (χ3v) is 4.38. The Morgan fingerprint density at radius 3 is 2.58 bits per heavy atom. The van der Waals surface area contributed by atoms with Crippen LogP contribution in [0.1, 0.15) is 30.9 Å². The largest absolute Gasteiger partial charge is 0.351 e. The number of hydrogen-bond acceptors (Lipinski definition) is 2. The van der Waals surface area contributed by atoms with Gasteiger partial charge in [0.15, 0.2) is 0 Å². The van der Waals surface area contributed by atoms with E-state index in [1.54, 1.807) is 0 Å². The number of benzene rings is 1. The summed E-state index contributed by atoms with van der Waals surface area (Å²) >= 11 is 0. The van der Waals surface area contributed by atoms with Crippen molar-refractivity contribution < 1.29 is 4.79 Å². The van der Waals surface area contributed by atoms with Crippen LogP contribution in [0.25, 0.3) is 0 Å². The Labute approximate surface area is 114 Å². The van der Waals surface area contributed by atoms with Gasteiger partial charge in [0.05, 0.1) is 6.04 Å². The second-order valence-electron chi connectivity index (χ2n) is 6.02. The normalized spacial score (nSPS) is 27.0. The lowest BCUT2D eigenvalue weighted by Gasteiger charge is -2.28. The molecule has 2 N–H and O–H groups in total. The summed E-state index contributed by atoms with van der Waals surface area (Å²) in [5, 5.41) is 6.55. The summed E-state index contributed by atoms with van der Waals surface area (Å²) in [6, 6.07) is 8.78.